The molecule has 2 aromatic rings. The van der Waals surface area contributed by atoms with Crippen molar-refractivity contribution in [2.24, 2.45) is 0 Å². The highest BCUT2D eigenvalue weighted by Crippen LogP contribution is 2.37. The topological polar surface area (TPSA) is 21.3 Å². The Morgan fingerprint density at radius 1 is 1.05 bits per heavy atom. The second-order valence-corrected chi connectivity index (χ2v) is 6.45. The van der Waals surface area contributed by atoms with Crippen LogP contribution in [0, 0.1) is 0 Å². The zero-order chi connectivity index (χ0) is 14.5. The fourth-order valence-electron chi connectivity index (χ4n) is 2.77. The van der Waals surface area contributed by atoms with E-state index in [-0.39, 0.29) is 0 Å². The Bertz CT molecular complexity index is 566. The summed E-state index contributed by atoms with van der Waals surface area (Å²) in [5.41, 5.74) is 1.45. The van der Waals surface area contributed by atoms with E-state index >= 15 is 0 Å². The van der Waals surface area contributed by atoms with Crippen molar-refractivity contribution < 1.29 is 4.74 Å². The van der Waals surface area contributed by atoms with Crippen LogP contribution in [-0.4, -0.2) is 19.2 Å². The molecule has 2 aromatic carbocycles. The number of hydrogen-bond donors (Lipinski definition) is 1. The highest BCUT2D eigenvalue weighted by Gasteiger charge is 2.29. The van der Waals surface area contributed by atoms with Crippen LogP contribution in [0.4, 0.5) is 0 Å². The van der Waals surface area contributed by atoms with Crippen LogP contribution in [0.15, 0.2) is 59.1 Å². The zero-order valence-electron chi connectivity index (χ0n) is 12.0. The molecule has 2 nitrogen and oxygen atoms in total. The Hall–Kier alpha value is -1.32. The monoisotopic (exact) mass is 345 g/mol. The number of nitrogens with one attached hydrogen (secondary N) is 1. The summed E-state index contributed by atoms with van der Waals surface area (Å²) in [5, 5.41) is 3.57. The largest absolute Gasteiger partial charge is 0.492 e. The molecule has 3 heteroatoms. The highest BCUT2D eigenvalue weighted by atomic mass is 79.9. The highest BCUT2D eigenvalue weighted by molar-refractivity contribution is 9.10. The SMILES string of the molecule is Brc1cccc(C2CC(NCCOc3ccccc3)C2)c1. The molecule has 1 aliphatic carbocycles. The van der Waals surface area contributed by atoms with E-state index in [0.717, 1.165) is 18.9 Å². The lowest BCUT2D eigenvalue weighted by Gasteiger charge is -2.36. The first kappa shape index (κ1) is 14.6. The molecule has 0 aromatic heterocycles. The average molecular weight is 346 g/mol. The summed E-state index contributed by atoms with van der Waals surface area (Å²) in [6.07, 6.45) is 2.45. The Balaban J connectivity index is 1.34. The first-order valence-electron chi connectivity index (χ1n) is 7.48. The number of benzene rings is 2. The molecule has 0 radical (unpaired) electrons. The summed E-state index contributed by atoms with van der Waals surface area (Å²) >= 11 is 3.54. The molecule has 0 spiro atoms. The third-order valence-corrected chi connectivity index (χ3v) is 4.50. The fourth-order valence-corrected chi connectivity index (χ4v) is 3.18. The molecule has 21 heavy (non-hydrogen) atoms. The van der Waals surface area contributed by atoms with E-state index in [1.807, 2.05) is 30.3 Å². The van der Waals surface area contributed by atoms with Crippen LogP contribution in [-0.2, 0) is 0 Å². The van der Waals surface area contributed by atoms with Gasteiger partial charge < -0.3 is 10.1 Å². The minimum Gasteiger partial charge on any atom is -0.492 e. The second kappa shape index (κ2) is 7.10. The lowest BCUT2D eigenvalue weighted by molar-refractivity contribution is 0.255. The number of hydrogen-bond acceptors (Lipinski definition) is 2. The number of para-hydroxylation sites is 1. The van der Waals surface area contributed by atoms with Gasteiger partial charge in [0.05, 0.1) is 0 Å². The van der Waals surface area contributed by atoms with Gasteiger partial charge >= 0.3 is 0 Å². The normalized spacial score (nSPS) is 20.8. The first-order valence-corrected chi connectivity index (χ1v) is 8.27. The van der Waals surface area contributed by atoms with E-state index in [9.17, 15) is 0 Å². The van der Waals surface area contributed by atoms with Crippen LogP contribution in [0.25, 0.3) is 0 Å². The van der Waals surface area contributed by atoms with Crippen LogP contribution in [0.2, 0.25) is 0 Å². The second-order valence-electron chi connectivity index (χ2n) is 5.54. The molecular weight excluding hydrogens is 326 g/mol. The third-order valence-electron chi connectivity index (χ3n) is 4.01. The van der Waals surface area contributed by atoms with Gasteiger partial charge in [-0.05, 0) is 48.6 Å². The molecule has 0 bridgehead atoms. The predicted octanol–water partition coefficient (Wildman–Crippen LogP) is 4.36. The quantitative estimate of drug-likeness (QED) is 0.785. The molecule has 1 saturated carbocycles. The van der Waals surface area contributed by atoms with Crippen molar-refractivity contribution in [1.82, 2.24) is 5.32 Å². The molecule has 0 unspecified atom stereocenters. The summed E-state index contributed by atoms with van der Waals surface area (Å²) in [4.78, 5) is 0. The number of halogens is 1. The molecular formula is C18H20BrNO. The van der Waals surface area contributed by atoms with Crippen molar-refractivity contribution in [2.75, 3.05) is 13.2 Å². The molecule has 0 aliphatic heterocycles. The first-order chi connectivity index (χ1) is 10.3. The molecule has 0 amide bonds. The third kappa shape index (κ3) is 4.08. The van der Waals surface area contributed by atoms with Gasteiger partial charge in [-0.2, -0.15) is 0 Å². The maximum absolute atomic E-state index is 5.68. The van der Waals surface area contributed by atoms with Crippen LogP contribution >= 0.6 is 15.9 Å². The van der Waals surface area contributed by atoms with Gasteiger partial charge in [-0.3, -0.25) is 0 Å². The molecule has 1 N–H and O–H groups in total. The van der Waals surface area contributed by atoms with Crippen molar-refractivity contribution in [3.05, 3.63) is 64.6 Å². The van der Waals surface area contributed by atoms with Crippen molar-refractivity contribution in [3.63, 3.8) is 0 Å². The van der Waals surface area contributed by atoms with Crippen molar-refractivity contribution in [1.29, 1.82) is 0 Å². The van der Waals surface area contributed by atoms with Gasteiger partial charge in [0, 0.05) is 17.1 Å². The Morgan fingerprint density at radius 2 is 1.86 bits per heavy atom. The van der Waals surface area contributed by atoms with Crippen LogP contribution in [0.5, 0.6) is 5.75 Å². The van der Waals surface area contributed by atoms with Gasteiger partial charge in [-0.1, -0.05) is 46.3 Å². The number of ether oxygens (including phenoxy) is 1. The van der Waals surface area contributed by atoms with Crippen molar-refractivity contribution in [2.45, 2.75) is 24.8 Å². The summed E-state index contributed by atoms with van der Waals surface area (Å²) in [7, 11) is 0. The minimum atomic E-state index is 0.633. The lowest BCUT2D eigenvalue weighted by atomic mass is 9.76. The molecule has 1 fully saturated rings. The van der Waals surface area contributed by atoms with E-state index in [0.29, 0.717) is 12.0 Å². The van der Waals surface area contributed by atoms with E-state index < -0.39 is 0 Å². The predicted molar refractivity (Wildman–Crippen MR) is 89.8 cm³/mol. The Labute approximate surface area is 134 Å². The maximum atomic E-state index is 5.68. The van der Waals surface area contributed by atoms with Gasteiger partial charge in [0.25, 0.3) is 0 Å². The van der Waals surface area contributed by atoms with Crippen molar-refractivity contribution in [3.8, 4) is 5.75 Å². The Morgan fingerprint density at radius 3 is 2.62 bits per heavy atom. The van der Waals surface area contributed by atoms with Gasteiger partial charge in [0.2, 0.25) is 0 Å². The van der Waals surface area contributed by atoms with Crippen LogP contribution < -0.4 is 10.1 Å². The van der Waals surface area contributed by atoms with Gasteiger partial charge in [0.15, 0.2) is 0 Å². The maximum Gasteiger partial charge on any atom is 0.119 e. The van der Waals surface area contributed by atoms with Gasteiger partial charge in [-0.15, -0.1) is 0 Å². The molecule has 0 atom stereocenters. The van der Waals surface area contributed by atoms with Crippen molar-refractivity contribution >= 4 is 15.9 Å². The molecule has 3 rings (SSSR count). The minimum absolute atomic E-state index is 0.633. The molecule has 0 heterocycles. The summed E-state index contributed by atoms with van der Waals surface area (Å²) < 4.78 is 6.86. The van der Waals surface area contributed by atoms with E-state index in [4.69, 9.17) is 4.74 Å². The summed E-state index contributed by atoms with van der Waals surface area (Å²) in [6, 6.07) is 19.3. The zero-order valence-corrected chi connectivity index (χ0v) is 13.6. The molecule has 1 aliphatic rings. The van der Waals surface area contributed by atoms with E-state index in [1.165, 1.54) is 22.9 Å². The van der Waals surface area contributed by atoms with E-state index in [2.05, 4.69) is 45.5 Å². The smallest absolute Gasteiger partial charge is 0.119 e. The fraction of sp³-hybridized carbons (Fsp3) is 0.333. The summed E-state index contributed by atoms with van der Waals surface area (Å²) in [6.45, 7) is 1.63. The lowest BCUT2D eigenvalue weighted by Crippen LogP contribution is -2.41. The standard InChI is InChI=1S/C18H20BrNO/c19-16-6-4-5-14(11-16)15-12-17(13-15)20-9-10-21-18-7-2-1-3-8-18/h1-8,11,15,17,20H,9-10,12-13H2. The van der Waals surface area contributed by atoms with Crippen LogP contribution in [0.3, 0.4) is 0 Å². The summed E-state index contributed by atoms with van der Waals surface area (Å²) in [5.74, 6) is 1.65. The van der Waals surface area contributed by atoms with E-state index in [1.54, 1.807) is 0 Å². The van der Waals surface area contributed by atoms with Crippen LogP contribution in [0.1, 0.15) is 24.3 Å². The van der Waals surface area contributed by atoms with Gasteiger partial charge in [-0.25, -0.2) is 0 Å². The molecule has 110 valence electrons. The van der Waals surface area contributed by atoms with Gasteiger partial charge in [0.1, 0.15) is 12.4 Å². The Kier molecular flexibility index (Phi) is 4.94. The molecule has 0 saturated heterocycles. The average Bonchev–Trinajstić information content (AvgIpc) is 2.46. The number of rotatable bonds is 6.